The van der Waals surface area contributed by atoms with Crippen LogP contribution in [0.3, 0.4) is 0 Å². The van der Waals surface area contributed by atoms with Crippen molar-refractivity contribution >= 4 is 58.2 Å². The van der Waals surface area contributed by atoms with E-state index in [1.165, 1.54) is 24.3 Å². The minimum atomic E-state index is -4.80. The second-order valence-corrected chi connectivity index (χ2v) is 12.6. The Morgan fingerprint density at radius 2 is 1.66 bits per heavy atom. The molecule has 1 saturated heterocycles. The van der Waals surface area contributed by atoms with E-state index in [9.17, 15) is 37.1 Å². The first-order valence-corrected chi connectivity index (χ1v) is 15.9. The molecule has 242 valence electrons. The van der Waals surface area contributed by atoms with E-state index >= 15 is 0 Å². The Morgan fingerprint density at radius 3 is 2.34 bits per heavy atom. The Morgan fingerprint density at radius 1 is 0.957 bits per heavy atom. The lowest BCUT2D eigenvalue weighted by Gasteiger charge is -2.29. The quantitative estimate of drug-likeness (QED) is 0.185. The molecule has 0 bridgehead atoms. The Balaban J connectivity index is 1.20. The van der Waals surface area contributed by atoms with Crippen molar-refractivity contribution in [1.82, 2.24) is 4.98 Å². The maximum Gasteiger partial charge on any atom is 0.418 e. The van der Waals surface area contributed by atoms with Gasteiger partial charge in [0.25, 0.3) is 5.91 Å². The molecular weight excluding hydrogens is 659 g/mol. The summed E-state index contributed by atoms with van der Waals surface area (Å²) in [5, 5.41) is 1.97. The lowest BCUT2D eigenvalue weighted by molar-refractivity contribution is -0.137. The summed E-state index contributed by atoms with van der Waals surface area (Å²) in [5.74, 6) is -4.13. The largest absolute Gasteiger partial charge is 0.484 e. The zero-order chi connectivity index (χ0) is 33.5. The minimum Gasteiger partial charge on any atom is -0.484 e. The average Bonchev–Trinajstić information content (AvgIpc) is 3.54. The summed E-state index contributed by atoms with van der Waals surface area (Å²) in [6, 6.07) is 16.9. The summed E-state index contributed by atoms with van der Waals surface area (Å²) in [6.45, 7) is 1.58. The minimum absolute atomic E-state index is 0.238. The lowest BCUT2D eigenvalue weighted by Crippen LogP contribution is -2.33. The molecule has 3 atom stereocenters. The van der Waals surface area contributed by atoms with E-state index in [1.54, 1.807) is 43.3 Å². The van der Waals surface area contributed by atoms with Gasteiger partial charge in [0.15, 0.2) is 6.61 Å². The Kier molecular flexibility index (Phi) is 8.68. The number of amides is 3. The second kappa shape index (κ2) is 12.7. The van der Waals surface area contributed by atoms with Crippen molar-refractivity contribution in [1.29, 1.82) is 0 Å². The number of aromatic nitrogens is 1. The zero-order valence-electron chi connectivity index (χ0n) is 24.3. The molecule has 4 aromatic rings. The maximum absolute atomic E-state index is 13.9. The van der Waals surface area contributed by atoms with Crippen LogP contribution in [-0.4, -0.2) is 47.1 Å². The number of ether oxygens (including phenoxy) is 2. The molecule has 3 heterocycles. The van der Waals surface area contributed by atoms with Crippen molar-refractivity contribution in [3.63, 3.8) is 0 Å². The number of esters is 1. The number of halogens is 3. The number of hydrogen-bond donors (Lipinski definition) is 2. The third-order valence-electron chi connectivity index (χ3n) is 7.56. The highest BCUT2D eigenvalue weighted by Gasteiger charge is 2.57. The molecule has 1 aromatic heterocycles. The van der Waals surface area contributed by atoms with Crippen LogP contribution >= 0.6 is 23.1 Å². The number of thioether (sulfide) groups is 1. The third kappa shape index (κ3) is 6.27. The van der Waals surface area contributed by atoms with Gasteiger partial charge in [-0.3, -0.25) is 19.2 Å². The van der Waals surface area contributed by atoms with E-state index in [2.05, 4.69) is 10.3 Å². The standard InChI is InChI=1S/C32H24F3N3O7S2/c1-2-44-30(42)17-7-11-18(12-8-17)36-22(39)15-45-19-13-9-16(10-14-19)23-24-26(46-27-25(23)47-31(43)37-27)29(41)38(28(24)40)21-6-4-3-5-20(21)32(33,34)35/h3-14,23-24,26H,2,15H2,1H3,(H,36,39)(H,37,43)/t23-,24?,26?/m1/s1. The molecule has 6 rings (SSSR count). The topological polar surface area (TPSA) is 135 Å². The van der Waals surface area contributed by atoms with Crippen LogP contribution in [0.4, 0.5) is 24.5 Å². The number of nitrogens with one attached hydrogen (secondary N) is 2. The van der Waals surface area contributed by atoms with Crippen LogP contribution in [-0.2, 0) is 25.3 Å². The van der Waals surface area contributed by atoms with Gasteiger partial charge in [0.2, 0.25) is 11.8 Å². The molecule has 0 saturated carbocycles. The van der Waals surface area contributed by atoms with E-state index < -0.39 is 63.1 Å². The SMILES string of the molecule is CCOC(=O)c1ccc(NC(=O)COc2ccc([C@H]3c4sc(=O)[nH]c4SC4C(=O)N(c5ccccc5C(F)(F)F)C(=O)C43)cc2)cc1. The van der Waals surface area contributed by atoms with Gasteiger partial charge in [-0.15, -0.1) is 0 Å². The molecule has 3 aromatic carbocycles. The van der Waals surface area contributed by atoms with E-state index in [-0.39, 0.29) is 13.2 Å². The van der Waals surface area contributed by atoms with Gasteiger partial charge in [0, 0.05) is 16.5 Å². The number of alkyl halides is 3. The van der Waals surface area contributed by atoms with Crippen LogP contribution < -0.4 is 19.8 Å². The molecule has 0 radical (unpaired) electrons. The molecule has 15 heteroatoms. The van der Waals surface area contributed by atoms with E-state index in [4.69, 9.17) is 9.47 Å². The Labute approximate surface area is 272 Å². The van der Waals surface area contributed by atoms with Crippen LogP contribution in [0.25, 0.3) is 0 Å². The fourth-order valence-corrected chi connectivity index (χ4v) is 8.06. The highest BCUT2D eigenvalue weighted by molar-refractivity contribution is 8.00. The molecular formula is C32H24F3N3O7S2. The van der Waals surface area contributed by atoms with Gasteiger partial charge < -0.3 is 19.8 Å². The number of carbonyl (C=O) groups excluding carboxylic acids is 4. The summed E-state index contributed by atoms with van der Waals surface area (Å²) < 4.78 is 52.1. The predicted octanol–water partition coefficient (Wildman–Crippen LogP) is 5.45. The number of rotatable bonds is 8. The number of hydrogen-bond acceptors (Lipinski definition) is 9. The summed E-state index contributed by atoms with van der Waals surface area (Å²) in [5.41, 5.74) is -0.342. The van der Waals surface area contributed by atoms with Gasteiger partial charge >= 0.3 is 17.0 Å². The van der Waals surface area contributed by atoms with Crippen LogP contribution in [0, 0.1) is 5.92 Å². The fourth-order valence-electron chi connectivity index (χ4n) is 5.54. The van der Waals surface area contributed by atoms with Crippen molar-refractivity contribution in [2.24, 2.45) is 5.92 Å². The van der Waals surface area contributed by atoms with Crippen molar-refractivity contribution in [3.8, 4) is 5.75 Å². The number of para-hydroxylation sites is 1. The number of aromatic amines is 1. The number of thiazole rings is 1. The molecule has 2 aliphatic rings. The second-order valence-electron chi connectivity index (χ2n) is 10.5. The van der Waals surface area contributed by atoms with Crippen molar-refractivity contribution in [2.75, 3.05) is 23.4 Å². The third-order valence-corrected chi connectivity index (χ3v) is 9.96. The number of H-pyrrole nitrogens is 1. The van der Waals surface area contributed by atoms with Gasteiger partial charge in [-0.05, 0) is 61.0 Å². The Hall–Kier alpha value is -4.89. The zero-order valence-corrected chi connectivity index (χ0v) is 26.0. The van der Waals surface area contributed by atoms with E-state index in [1.807, 2.05) is 0 Å². The number of nitrogens with zero attached hydrogens (tertiary/aromatic N) is 1. The molecule has 1 fully saturated rings. The number of carbonyl (C=O) groups is 4. The normalized spacial score (nSPS) is 18.8. The lowest BCUT2D eigenvalue weighted by atomic mass is 9.83. The van der Waals surface area contributed by atoms with Crippen LogP contribution in [0.15, 0.2) is 82.6 Å². The number of benzene rings is 3. The van der Waals surface area contributed by atoms with E-state index in [0.29, 0.717) is 37.4 Å². The summed E-state index contributed by atoms with van der Waals surface area (Å²) in [6.07, 6.45) is -4.80. The average molecular weight is 684 g/mol. The van der Waals surface area contributed by atoms with Crippen LogP contribution in [0.5, 0.6) is 5.75 Å². The first-order valence-electron chi connectivity index (χ1n) is 14.2. The smallest absolute Gasteiger partial charge is 0.418 e. The summed E-state index contributed by atoms with van der Waals surface area (Å²) >= 11 is 1.83. The van der Waals surface area contributed by atoms with Gasteiger partial charge in [0.1, 0.15) is 11.0 Å². The number of anilines is 2. The highest BCUT2D eigenvalue weighted by atomic mass is 32.2. The molecule has 3 amide bonds. The van der Waals surface area contributed by atoms with Gasteiger partial charge in [-0.2, -0.15) is 13.2 Å². The van der Waals surface area contributed by atoms with Crippen molar-refractivity contribution in [2.45, 2.75) is 29.3 Å². The molecule has 0 aliphatic carbocycles. The predicted molar refractivity (Wildman–Crippen MR) is 167 cm³/mol. The van der Waals surface area contributed by atoms with Crippen molar-refractivity contribution < 1.29 is 41.8 Å². The maximum atomic E-state index is 13.9. The first-order chi connectivity index (χ1) is 22.5. The Bertz CT molecular complexity index is 1920. The van der Waals surface area contributed by atoms with Gasteiger partial charge in [0.05, 0.1) is 34.4 Å². The molecule has 2 aliphatic heterocycles. The molecule has 10 nitrogen and oxygen atoms in total. The molecule has 0 spiro atoms. The van der Waals surface area contributed by atoms with E-state index in [0.717, 1.165) is 35.2 Å². The molecule has 2 N–H and O–H groups in total. The van der Waals surface area contributed by atoms with Crippen LogP contribution in [0.1, 0.15) is 39.2 Å². The molecule has 2 unspecified atom stereocenters. The molecule has 47 heavy (non-hydrogen) atoms. The first kappa shape index (κ1) is 32.1. The monoisotopic (exact) mass is 683 g/mol. The number of imide groups is 1. The number of fused-ring (bicyclic) bond motifs is 2. The summed E-state index contributed by atoms with van der Waals surface area (Å²) in [4.78, 5) is 67.4. The highest BCUT2D eigenvalue weighted by Crippen LogP contribution is 2.54. The van der Waals surface area contributed by atoms with Gasteiger partial charge in [-0.25, -0.2) is 9.69 Å². The van der Waals surface area contributed by atoms with Gasteiger partial charge in [-0.1, -0.05) is 47.4 Å². The summed E-state index contributed by atoms with van der Waals surface area (Å²) in [7, 11) is 0. The van der Waals surface area contributed by atoms with Crippen molar-refractivity contribution in [3.05, 3.63) is 104 Å². The van der Waals surface area contributed by atoms with Crippen LogP contribution in [0.2, 0.25) is 0 Å². The fraction of sp³-hybridized carbons (Fsp3) is 0.219.